The predicted octanol–water partition coefficient (Wildman–Crippen LogP) is 2.65. The lowest BCUT2D eigenvalue weighted by Crippen LogP contribution is -2.06. The van der Waals surface area contributed by atoms with Gasteiger partial charge in [-0.3, -0.25) is 0 Å². The number of carbonyl (C=O) groups is 1. The fraction of sp³-hybridized carbons (Fsp3) is 0.167. The number of esters is 1. The minimum atomic E-state index is -0.411. The molecule has 0 saturated carbocycles. The lowest BCUT2D eigenvalue weighted by Gasteiger charge is -2.07. The molecule has 0 unspecified atom stereocenters. The van der Waals surface area contributed by atoms with Crippen LogP contribution in [0.4, 0.5) is 5.69 Å². The summed E-state index contributed by atoms with van der Waals surface area (Å²) in [5.41, 5.74) is 7.22. The summed E-state index contributed by atoms with van der Waals surface area (Å²) in [6, 6.07) is 6.61. The molecular weight excluding hydrogens is 240 g/mol. The second-order valence-electron chi connectivity index (χ2n) is 3.49. The van der Waals surface area contributed by atoms with E-state index in [-0.39, 0.29) is 5.15 Å². The number of hydrogen-bond donors (Lipinski definition) is 1. The van der Waals surface area contributed by atoms with Crippen LogP contribution in [-0.2, 0) is 4.74 Å². The van der Waals surface area contributed by atoms with Gasteiger partial charge in [0.15, 0.2) is 0 Å². The van der Waals surface area contributed by atoms with Crippen LogP contribution in [0, 0.1) is 0 Å². The van der Waals surface area contributed by atoms with E-state index in [1.165, 1.54) is 6.07 Å². The van der Waals surface area contributed by atoms with Crippen LogP contribution in [0.5, 0.6) is 0 Å². The average molecular weight is 251 g/mol. The van der Waals surface area contributed by atoms with E-state index in [1.807, 2.05) is 0 Å². The molecule has 0 fully saturated rings. The van der Waals surface area contributed by atoms with Crippen molar-refractivity contribution in [1.82, 2.24) is 4.98 Å². The molecule has 4 nitrogen and oxygen atoms in total. The minimum Gasteiger partial charge on any atom is -0.462 e. The molecule has 0 aliphatic heterocycles. The lowest BCUT2D eigenvalue weighted by molar-refractivity contribution is 0.0528. The molecule has 88 valence electrons. The van der Waals surface area contributed by atoms with Gasteiger partial charge in [-0.25, -0.2) is 9.78 Å². The summed E-state index contributed by atoms with van der Waals surface area (Å²) in [6.07, 6.45) is 0. The third-order valence-electron chi connectivity index (χ3n) is 2.30. The van der Waals surface area contributed by atoms with Crippen LogP contribution >= 0.6 is 11.6 Å². The summed E-state index contributed by atoms with van der Waals surface area (Å²) in [4.78, 5) is 15.9. The third kappa shape index (κ3) is 2.31. The molecule has 0 atom stereocenters. The average Bonchev–Trinajstić information content (AvgIpc) is 2.27. The first kappa shape index (κ1) is 11.7. The first-order valence-electron chi connectivity index (χ1n) is 5.14. The second kappa shape index (κ2) is 4.59. The molecule has 2 N–H and O–H groups in total. The zero-order valence-electron chi connectivity index (χ0n) is 9.24. The van der Waals surface area contributed by atoms with E-state index in [9.17, 15) is 4.79 Å². The predicted molar refractivity (Wildman–Crippen MR) is 67.1 cm³/mol. The van der Waals surface area contributed by atoms with Crippen LogP contribution in [0.25, 0.3) is 10.9 Å². The fourth-order valence-electron chi connectivity index (χ4n) is 1.59. The third-order valence-corrected chi connectivity index (χ3v) is 2.49. The number of aromatic nitrogens is 1. The molecule has 1 aromatic heterocycles. The highest BCUT2D eigenvalue weighted by atomic mass is 35.5. The van der Waals surface area contributed by atoms with Crippen LogP contribution in [0.1, 0.15) is 17.3 Å². The van der Waals surface area contributed by atoms with Crippen molar-refractivity contribution in [2.75, 3.05) is 12.3 Å². The number of fused-ring (bicyclic) bond motifs is 1. The molecule has 0 saturated heterocycles. The molecule has 0 spiro atoms. The topological polar surface area (TPSA) is 65.2 Å². The molecule has 5 heteroatoms. The highest BCUT2D eigenvalue weighted by molar-refractivity contribution is 6.30. The number of hydrogen-bond acceptors (Lipinski definition) is 4. The van der Waals surface area contributed by atoms with Gasteiger partial charge >= 0.3 is 5.97 Å². The second-order valence-corrected chi connectivity index (χ2v) is 3.88. The van der Waals surface area contributed by atoms with Crippen molar-refractivity contribution in [3.05, 3.63) is 35.0 Å². The Kier molecular flexibility index (Phi) is 3.15. The number of nitrogen functional groups attached to an aromatic ring is 1. The number of ether oxygens (including phenoxy) is 1. The zero-order valence-corrected chi connectivity index (χ0v) is 9.99. The van der Waals surface area contributed by atoms with Crippen LogP contribution < -0.4 is 5.73 Å². The number of rotatable bonds is 2. The van der Waals surface area contributed by atoms with Gasteiger partial charge in [-0.1, -0.05) is 11.6 Å². The van der Waals surface area contributed by atoms with Crippen molar-refractivity contribution in [3.63, 3.8) is 0 Å². The quantitative estimate of drug-likeness (QED) is 0.506. The number of benzene rings is 1. The highest BCUT2D eigenvalue weighted by Crippen LogP contribution is 2.23. The van der Waals surface area contributed by atoms with Gasteiger partial charge in [0.25, 0.3) is 0 Å². The van der Waals surface area contributed by atoms with Gasteiger partial charge in [-0.05, 0) is 31.2 Å². The highest BCUT2D eigenvalue weighted by Gasteiger charge is 2.13. The minimum absolute atomic E-state index is 0.242. The summed E-state index contributed by atoms with van der Waals surface area (Å²) in [7, 11) is 0. The summed E-state index contributed by atoms with van der Waals surface area (Å²) in [5, 5.41) is 0.924. The monoisotopic (exact) mass is 250 g/mol. The zero-order chi connectivity index (χ0) is 12.4. The van der Waals surface area contributed by atoms with E-state index < -0.39 is 5.97 Å². The summed E-state index contributed by atoms with van der Waals surface area (Å²) in [5.74, 6) is -0.411. The first-order chi connectivity index (χ1) is 8.11. The van der Waals surface area contributed by atoms with E-state index in [0.29, 0.717) is 28.8 Å². The molecule has 0 amide bonds. The molecule has 0 bridgehead atoms. The van der Waals surface area contributed by atoms with Gasteiger partial charge in [0.2, 0.25) is 0 Å². The molecule has 1 heterocycles. The molecular formula is C12H11ClN2O2. The Morgan fingerprint density at radius 3 is 2.94 bits per heavy atom. The van der Waals surface area contributed by atoms with E-state index in [1.54, 1.807) is 25.1 Å². The Morgan fingerprint density at radius 2 is 2.24 bits per heavy atom. The fourth-order valence-corrected chi connectivity index (χ4v) is 1.79. The normalized spacial score (nSPS) is 10.5. The number of nitrogens with two attached hydrogens (primary N) is 1. The van der Waals surface area contributed by atoms with Crippen LogP contribution in [0.15, 0.2) is 24.3 Å². The molecule has 2 aromatic rings. The molecule has 0 aliphatic rings. The molecule has 1 aromatic carbocycles. The standard InChI is InChI=1S/C12H11ClN2O2/c1-2-17-12(16)9-6-11(13)15-10-5-7(14)3-4-8(9)10/h3-6H,2,14H2,1H3. The van der Waals surface area contributed by atoms with E-state index in [0.717, 1.165) is 0 Å². The Balaban J connectivity index is 2.65. The van der Waals surface area contributed by atoms with Gasteiger partial charge < -0.3 is 10.5 Å². The SMILES string of the molecule is CCOC(=O)c1cc(Cl)nc2cc(N)ccc12. The number of carbonyl (C=O) groups excluding carboxylic acids is 1. The lowest BCUT2D eigenvalue weighted by atomic mass is 10.1. The van der Waals surface area contributed by atoms with E-state index in [2.05, 4.69) is 4.98 Å². The van der Waals surface area contributed by atoms with Crippen molar-refractivity contribution in [2.45, 2.75) is 6.92 Å². The largest absolute Gasteiger partial charge is 0.462 e. The van der Waals surface area contributed by atoms with Gasteiger partial charge in [0.1, 0.15) is 5.15 Å². The van der Waals surface area contributed by atoms with Crippen molar-refractivity contribution in [3.8, 4) is 0 Å². The van der Waals surface area contributed by atoms with Gasteiger partial charge in [-0.2, -0.15) is 0 Å². The van der Waals surface area contributed by atoms with Gasteiger partial charge in [0.05, 0.1) is 17.7 Å². The maximum Gasteiger partial charge on any atom is 0.338 e. The van der Waals surface area contributed by atoms with E-state index >= 15 is 0 Å². The number of pyridine rings is 1. The summed E-state index contributed by atoms with van der Waals surface area (Å²) >= 11 is 5.86. The maximum absolute atomic E-state index is 11.8. The van der Waals surface area contributed by atoms with Gasteiger partial charge in [0, 0.05) is 11.1 Å². The molecule has 17 heavy (non-hydrogen) atoms. The molecule has 0 aliphatic carbocycles. The maximum atomic E-state index is 11.8. The van der Waals surface area contributed by atoms with Crippen molar-refractivity contribution in [1.29, 1.82) is 0 Å². The Labute approximate surface area is 103 Å². The van der Waals surface area contributed by atoms with Crippen LogP contribution in [0.3, 0.4) is 0 Å². The van der Waals surface area contributed by atoms with Crippen molar-refractivity contribution in [2.24, 2.45) is 0 Å². The van der Waals surface area contributed by atoms with Crippen molar-refractivity contribution >= 4 is 34.2 Å². The summed E-state index contributed by atoms with van der Waals surface area (Å²) < 4.78 is 4.96. The molecule has 0 radical (unpaired) electrons. The van der Waals surface area contributed by atoms with Crippen LogP contribution in [-0.4, -0.2) is 17.6 Å². The van der Waals surface area contributed by atoms with E-state index in [4.69, 9.17) is 22.1 Å². The number of anilines is 1. The Hall–Kier alpha value is -1.81. The van der Waals surface area contributed by atoms with Crippen molar-refractivity contribution < 1.29 is 9.53 Å². The van der Waals surface area contributed by atoms with Gasteiger partial charge in [-0.15, -0.1) is 0 Å². The number of nitrogens with zero attached hydrogens (tertiary/aromatic N) is 1. The Morgan fingerprint density at radius 1 is 1.47 bits per heavy atom. The smallest absolute Gasteiger partial charge is 0.338 e. The molecule has 2 rings (SSSR count). The summed E-state index contributed by atoms with van der Waals surface area (Å²) in [6.45, 7) is 2.07. The number of halogens is 1. The first-order valence-corrected chi connectivity index (χ1v) is 5.52. The Bertz CT molecular complexity index is 579. The van der Waals surface area contributed by atoms with Crippen LogP contribution in [0.2, 0.25) is 5.15 Å².